The number of nitriles is 1. The van der Waals surface area contributed by atoms with Gasteiger partial charge in [0.25, 0.3) is 0 Å². The predicted molar refractivity (Wildman–Crippen MR) is 104 cm³/mol. The van der Waals surface area contributed by atoms with Crippen LogP contribution in [-0.4, -0.2) is 0 Å². The second-order valence-electron chi connectivity index (χ2n) is 8.92. The molecule has 0 N–H and O–H groups in total. The van der Waals surface area contributed by atoms with E-state index in [4.69, 9.17) is 0 Å². The van der Waals surface area contributed by atoms with Crippen LogP contribution >= 0.6 is 0 Å². The van der Waals surface area contributed by atoms with E-state index in [1.807, 2.05) is 0 Å². The Hall–Kier alpha value is -0.510. The van der Waals surface area contributed by atoms with E-state index in [1.165, 1.54) is 96.3 Å². The molecule has 0 radical (unpaired) electrons. The molecule has 1 atom stereocenters. The molecule has 0 spiro atoms. The van der Waals surface area contributed by atoms with Crippen molar-refractivity contribution in [3.63, 3.8) is 0 Å². The van der Waals surface area contributed by atoms with Gasteiger partial charge in [0, 0.05) is 5.92 Å². The van der Waals surface area contributed by atoms with Crippen LogP contribution in [0.3, 0.4) is 0 Å². The highest BCUT2D eigenvalue weighted by molar-refractivity contribution is 4.92. The summed E-state index contributed by atoms with van der Waals surface area (Å²) >= 11 is 0. The van der Waals surface area contributed by atoms with Crippen LogP contribution in [0.1, 0.15) is 110 Å². The van der Waals surface area contributed by atoms with Crippen LogP contribution in [0.2, 0.25) is 0 Å². The molecule has 0 amide bonds. The van der Waals surface area contributed by atoms with Crippen molar-refractivity contribution in [2.45, 2.75) is 110 Å². The van der Waals surface area contributed by atoms with Gasteiger partial charge in [0.15, 0.2) is 0 Å². The van der Waals surface area contributed by atoms with E-state index in [0.29, 0.717) is 11.8 Å². The highest BCUT2D eigenvalue weighted by Crippen LogP contribution is 2.41. The van der Waals surface area contributed by atoms with Crippen molar-refractivity contribution in [1.29, 1.82) is 5.26 Å². The highest BCUT2D eigenvalue weighted by atomic mass is 14.4. The zero-order valence-corrected chi connectivity index (χ0v) is 16.4. The molecule has 138 valence electrons. The summed E-state index contributed by atoms with van der Waals surface area (Å²) in [7, 11) is 0. The van der Waals surface area contributed by atoms with Gasteiger partial charge >= 0.3 is 0 Å². The van der Waals surface area contributed by atoms with Crippen molar-refractivity contribution in [3.8, 4) is 6.07 Å². The van der Waals surface area contributed by atoms with E-state index in [0.717, 1.165) is 17.8 Å². The van der Waals surface area contributed by atoms with Gasteiger partial charge in [0.1, 0.15) is 0 Å². The summed E-state index contributed by atoms with van der Waals surface area (Å²) in [6.45, 7) is 4.61. The zero-order valence-electron chi connectivity index (χ0n) is 16.4. The third-order valence-corrected chi connectivity index (χ3v) is 7.09. The second kappa shape index (κ2) is 11.2. The van der Waals surface area contributed by atoms with Gasteiger partial charge in [-0.25, -0.2) is 0 Å². The lowest BCUT2D eigenvalue weighted by atomic mass is 9.70. The lowest BCUT2D eigenvalue weighted by Gasteiger charge is -2.34. The number of rotatable bonds is 9. The van der Waals surface area contributed by atoms with Gasteiger partial charge in [-0.15, -0.1) is 0 Å². The van der Waals surface area contributed by atoms with Gasteiger partial charge in [-0.2, -0.15) is 5.26 Å². The molecular formula is C23H41N. The van der Waals surface area contributed by atoms with E-state index < -0.39 is 0 Å². The quantitative estimate of drug-likeness (QED) is 0.401. The van der Waals surface area contributed by atoms with Gasteiger partial charge < -0.3 is 0 Å². The fraction of sp³-hybridized carbons (Fsp3) is 0.957. The fourth-order valence-electron chi connectivity index (χ4n) is 5.44. The molecule has 0 saturated heterocycles. The minimum atomic E-state index is 0.356. The summed E-state index contributed by atoms with van der Waals surface area (Å²) < 4.78 is 0. The zero-order chi connectivity index (χ0) is 17.2. The monoisotopic (exact) mass is 331 g/mol. The Bertz CT molecular complexity index is 353. The molecule has 1 nitrogen and oxygen atoms in total. The first-order valence-electron chi connectivity index (χ1n) is 11.2. The van der Waals surface area contributed by atoms with E-state index in [-0.39, 0.29) is 0 Å². The molecule has 2 saturated carbocycles. The average Bonchev–Trinajstić information content (AvgIpc) is 2.62. The van der Waals surface area contributed by atoms with Crippen LogP contribution in [0.5, 0.6) is 0 Å². The number of hydrogen-bond donors (Lipinski definition) is 0. The van der Waals surface area contributed by atoms with Crippen LogP contribution in [0.4, 0.5) is 0 Å². The lowest BCUT2D eigenvalue weighted by Crippen LogP contribution is -2.24. The van der Waals surface area contributed by atoms with Gasteiger partial charge in [-0.1, -0.05) is 90.9 Å². The number of nitrogens with zero attached hydrogens (tertiary/aromatic N) is 1. The predicted octanol–water partition coefficient (Wildman–Crippen LogP) is 7.51. The second-order valence-corrected chi connectivity index (χ2v) is 8.92. The molecule has 0 aromatic rings. The largest absolute Gasteiger partial charge is 0.198 e. The Morgan fingerprint density at radius 1 is 0.750 bits per heavy atom. The summed E-state index contributed by atoms with van der Waals surface area (Å²) in [6, 6.07) is 2.72. The molecule has 2 aliphatic carbocycles. The first-order chi connectivity index (χ1) is 11.8. The van der Waals surface area contributed by atoms with Crippen molar-refractivity contribution in [2.75, 3.05) is 0 Å². The highest BCUT2D eigenvalue weighted by Gasteiger charge is 2.30. The molecule has 0 bridgehead atoms. The Morgan fingerprint density at radius 2 is 1.33 bits per heavy atom. The van der Waals surface area contributed by atoms with E-state index >= 15 is 0 Å². The molecule has 0 aromatic heterocycles. The smallest absolute Gasteiger partial charge is 0.0658 e. The first kappa shape index (κ1) is 19.8. The Kier molecular flexibility index (Phi) is 9.22. The van der Waals surface area contributed by atoms with Crippen LogP contribution in [0.15, 0.2) is 0 Å². The van der Waals surface area contributed by atoms with E-state index in [1.54, 1.807) is 0 Å². The van der Waals surface area contributed by atoms with Crippen LogP contribution in [0.25, 0.3) is 0 Å². The average molecular weight is 332 g/mol. The summed E-state index contributed by atoms with van der Waals surface area (Å²) in [5.74, 6) is 3.88. The number of unbranched alkanes of at least 4 members (excludes halogenated alkanes) is 2. The molecule has 0 aliphatic heterocycles. The SMILES string of the molecule is CCCCC[C@H]1CC[C@H](CC(C#N)[C@H]2CC[C@H](CCC)CC2)CC1. The number of hydrogen-bond acceptors (Lipinski definition) is 1. The van der Waals surface area contributed by atoms with Crippen LogP contribution < -0.4 is 0 Å². The Morgan fingerprint density at radius 3 is 1.92 bits per heavy atom. The van der Waals surface area contributed by atoms with Gasteiger partial charge in [-0.3, -0.25) is 0 Å². The maximum absolute atomic E-state index is 9.72. The van der Waals surface area contributed by atoms with Gasteiger partial charge in [-0.05, 0) is 42.9 Å². The van der Waals surface area contributed by atoms with Gasteiger partial charge in [0.05, 0.1) is 6.07 Å². The summed E-state index contributed by atoms with van der Waals surface area (Å²) in [6.07, 6.45) is 20.7. The topological polar surface area (TPSA) is 23.8 Å². The van der Waals surface area contributed by atoms with Crippen molar-refractivity contribution in [1.82, 2.24) is 0 Å². The maximum atomic E-state index is 9.72. The molecule has 24 heavy (non-hydrogen) atoms. The van der Waals surface area contributed by atoms with Crippen LogP contribution in [0, 0.1) is 40.9 Å². The first-order valence-corrected chi connectivity index (χ1v) is 11.2. The Balaban J connectivity index is 1.68. The summed E-state index contributed by atoms with van der Waals surface area (Å²) in [5.41, 5.74) is 0. The normalized spacial score (nSPS) is 32.2. The maximum Gasteiger partial charge on any atom is 0.0658 e. The van der Waals surface area contributed by atoms with Crippen LogP contribution in [-0.2, 0) is 0 Å². The molecule has 2 rings (SSSR count). The Labute approximate surface area is 151 Å². The lowest BCUT2D eigenvalue weighted by molar-refractivity contribution is 0.178. The standard InChI is InChI=1S/C23H41N/c1-3-5-6-8-20-9-11-21(12-10-20)17-23(18-24)22-15-13-19(7-4-2)14-16-22/h19-23H,3-17H2,1-2H3/t19-,20-,21-,22-,23?. The molecule has 1 heteroatoms. The third-order valence-electron chi connectivity index (χ3n) is 7.09. The van der Waals surface area contributed by atoms with Crippen molar-refractivity contribution >= 4 is 0 Å². The molecule has 0 aromatic carbocycles. The molecule has 2 aliphatic rings. The minimum Gasteiger partial charge on any atom is -0.198 e. The van der Waals surface area contributed by atoms with E-state index in [9.17, 15) is 5.26 Å². The minimum absolute atomic E-state index is 0.356. The van der Waals surface area contributed by atoms with Crippen molar-refractivity contribution in [3.05, 3.63) is 0 Å². The van der Waals surface area contributed by atoms with E-state index in [2.05, 4.69) is 19.9 Å². The molecule has 2 fully saturated rings. The molecule has 0 heterocycles. The molecule has 1 unspecified atom stereocenters. The summed E-state index contributed by atoms with van der Waals surface area (Å²) in [5, 5.41) is 9.72. The molecular weight excluding hydrogens is 290 g/mol. The van der Waals surface area contributed by atoms with Gasteiger partial charge in [0.2, 0.25) is 0 Å². The van der Waals surface area contributed by atoms with Crippen molar-refractivity contribution in [2.24, 2.45) is 29.6 Å². The fourth-order valence-corrected chi connectivity index (χ4v) is 5.44. The third kappa shape index (κ3) is 6.42. The summed E-state index contributed by atoms with van der Waals surface area (Å²) in [4.78, 5) is 0. The van der Waals surface area contributed by atoms with Crippen molar-refractivity contribution < 1.29 is 0 Å².